The van der Waals surface area contributed by atoms with E-state index in [9.17, 15) is 4.79 Å². The minimum atomic E-state index is -0.190. The number of carbonyl (C=O) groups excluding carboxylic acids is 1. The molecule has 0 bridgehead atoms. The topological polar surface area (TPSA) is 58.7 Å². The van der Waals surface area contributed by atoms with Crippen LogP contribution in [0.15, 0.2) is 35.4 Å². The van der Waals surface area contributed by atoms with Gasteiger partial charge in [0.1, 0.15) is 0 Å². The fraction of sp³-hybridized carbons (Fsp3) is 0.467. The molecular weight excluding hydrogens is 238 g/mol. The Labute approximate surface area is 114 Å². The van der Waals surface area contributed by atoms with Crippen molar-refractivity contribution in [3.63, 3.8) is 0 Å². The number of hydrazone groups is 1. The maximum atomic E-state index is 12.5. The van der Waals surface area contributed by atoms with Gasteiger partial charge in [-0.2, -0.15) is 5.10 Å². The van der Waals surface area contributed by atoms with E-state index in [0.29, 0.717) is 13.0 Å². The Balaban J connectivity index is 2.38. The van der Waals surface area contributed by atoms with Gasteiger partial charge in [0, 0.05) is 5.41 Å². The van der Waals surface area contributed by atoms with Crippen molar-refractivity contribution in [3.05, 3.63) is 30.3 Å². The van der Waals surface area contributed by atoms with Gasteiger partial charge in [0.15, 0.2) is 0 Å². The number of hydrogen-bond acceptors (Lipinski definition) is 3. The highest BCUT2D eigenvalue weighted by Gasteiger charge is 2.40. The summed E-state index contributed by atoms with van der Waals surface area (Å²) in [6.45, 7) is 6.74. The molecule has 1 heterocycles. The van der Waals surface area contributed by atoms with Gasteiger partial charge in [0.2, 0.25) is 0 Å². The molecule has 4 heteroatoms. The summed E-state index contributed by atoms with van der Waals surface area (Å²) in [6, 6.07) is 9.53. The van der Waals surface area contributed by atoms with Crippen LogP contribution in [0.1, 0.15) is 27.2 Å². The summed E-state index contributed by atoms with van der Waals surface area (Å²) in [5.41, 5.74) is 7.25. The second-order valence-electron chi connectivity index (χ2n) is 5.85. The number of amides is 1. The fourth-order valence-electron chi connectivity index (χ4n) is 2.35. The first kappa shape index (κ1) is 13.7. The Morgan fingerprint density at radius 3 is 2.42 bits per heavy atom. The van der Waals surface area contributed by atoms with Gasteiger partial charge in [-0.3, -0.25) is 4.79 Å². The van der Waals surface area contributed by atoms with E-state index >= 15 is 0 Å². The molecule has 19 heavy (non-hydrogen) atoms. The van der Waals surface area contributed by atoms with Crippen LogP contribution in [0.4, 0.5) is 5.69 Å². The molecule has 0 saturated carbocycles. The lowest BCUT2D eigenvalue weighted by Gasteiger charge is -2.21. The van der Waals surface area contributed by atoms with Crippen molar-refractivity contribution in [1.29, 1.82) is 0 Å². The lowest BCUT2D eigenvalue weighted by Crippen LogP contribution is -2.33. The third-order valence-corrected chi connectivity index (χ3v) is 3.27. The van der Waals surface area contributed by atoms with Gasteiger partial charge in [-0.25, -0.2) is 5.01 Å². The molecule has 1 unspecified atom stereocenters. The number of nitrogens with two attached hydrogens (primary N) is 1. The lowest BCUT2D eigenvalue weighted by molar-refractivity contribution is -0.119. The van der Waals surface area contributed by atoms with Crippen LogP contribution in [-0.4, -0.2) is 18.2 Å². The van der Waals surface area contributed by atoms with Gasteiger partial charge in [-0.1, -0.05) is 39.0 Å². The molecule has 1 aliphatic heterocycles. The summed E-state index contributed by atoms with van der Waals surface area (Å²) in [4.78, 5) is 12.5. The molecule has 1 aliphatic rings. The van der Waals surface area contributed by atoms with Crippen molar-refractivity contribution in [2.45, 2.75) is 27.2 Å². The molecule has 0 spiro atoms. The Bertz CT molecular complexity index is 488. The van der Waals surface area contributed by atoms with E-state index in [-0.39, 0.29) is 17.2 Å². The number of hydrogen-bond donors (Lipinski definition) is 1. The highest BCUT2D eigenvalue weighted by molar-refractivity contribution is 6.17. The van der Waals surface area contributed by atoms with E-state index in [1.54, 1.807) is 0 Å². The second kappa shape index (κ2) is 5.13. The highest BCUT2D eigenvalue weighted by Crippen LogP contribution is 2.32. The summed E-state index contributed by atoms with van der Waals surface area (Å²) >= 11 is 0. The van der Waals surface area contributed by atoms with Crippen LogP contribution < -0.4 is 10.7 Å². The SMILES string of the molecule is CC(C)(C)C1=NN(c2ccccc2)C(=O)C1CCN. The molecule has 0 fully saturated rings. The van der Waals surface area contributed by atoms with E-state index in [0.717, 1.165) is 11.4 Å². The van der Waals surface area contributed by atoms with Crippen LogP contribution in [0.3, 0.4) is 0 Å². The van der Waals surface area contributed by atoms with E-state index < -0.39 is 0 Å². The van der Waals surface area contributed by atoms with Gasteiger partial charge in [0.25, 0.3) is 5.91 Å². The van der Waals surface area contributed by atoms with Gasteiger partial charge < -0.3 is 5.73 Å². The van der Waals surface area contributed by atoms with Crippen LogP contribution in [0.2, 0.25) is 0 Å². The largest absolute Gasteiger partial charge is 0.330 e. The molecule has 0 aromatic heterocycles. The number of anilines is 1. The predicted molar refractivity (Wildman–Crippen MR) is 78.0 cm³/mol. The molecule has 2 rings (SSSR count). The van der Waals surface area contributed by atoms with E-state index in [1.807, 2.05) is 30.3 Å². The van der Waals surface area contributed by atoms with Crippen LogP contribution in [0.5, 0.6) is 0 Å². The zero-order valence-electron chi connectivity index (χ0n) is 11.8. The van der Waals surface area contributed by atoms with E-state index in [2.05, 4.69) is 25.9 Å². The van der Waals surface area contributed by atoms with Crippen molar-refractivity contribution in [2.75, 3.05) is 11.6 Å². The van der Waals surface area contributed by atoms with Crippen LogP contribution in [-0.2, 0) is 4.79 Å². The Morgan fingerprint density at radius 1 is 1.26 bits per heavy atom. The number of carbonyl (C=O) groups is 1. The van der Waals surface area contributed by atoms with Gasteiger partial charge in [0.05, 0.1) is 17.3 Å². The third kappa shape index (κ3) is 2.68. The second-order valence-corrected chi connectivity index (χ2v) is 5.85. The predicted octanol–water partition coefficient (Wildman–Crippen LogP) is 2.40. The molecule has 0 aliphatic carbocycles. The fourth-order valence-corrected chi connectivity index (χ4v) is 2.35. The average Bonchev–Trinajstić information content (AvgIpc) is 2.69. The first-order valence-corrected chi connectivity index (χ1v) is 6.63. The molecule has 1 amide bonds. The Hall–Kier alpha value is -1.68. The quantitative estimate of drug-likeness (QED) is 0.906. The third-order valence-electron chi connectivity index (χ3n) is 3.27. The smallest absolute Gasteiger partial charge is 0.256 e. The first-order chi connectivity index (χ1) is 8.95. The number of para-hydroxylation sites is 1. The van der Waals surface area contributed by atoms with Crippen molar-refractivity contribution in [1.82, 2.24) is 0 Å². The molecule has 1 atom stereocenters. The minimum absolute atomic E-state index is 0.0292. The molecule has 0 radical (unpaired) electrons. The summed E-state index contributed by atoms with van der Waals surface area (Å²) < 4.78 is 0. The zero-order chi connectivity index (χ0) is 14.0. The van der Waals surface area contributed by atoms with Crippen molar-refractivity contribution in [2.24, 2.45) is 22.2 Å². The van der Waals surface area contributed by atoms with E-state index in [4.69, 9.17) is 5.73 Å². The van der Waals surface area contributed by atoms with E-state index in [1.165, 1.54) is 5.01 Å². The monoisotopic (exact) mass is 259 g/mol. The molecule has 102 valence electrons. The van der Waals surface area contributed by atoms with Gasteiger partial charge in [-0.05, 0) is 25.1 Å². The normalized spacial score (nSPS) is 19.8. The molecule has 2 N–H and O–H groups in total. The average molecular weight is 259 g/mol. The number of nitrogens with zero attached hydrogens (tertiary/aromatic N) is 2. The Kier molecular flexibility index (Phi) is 3.71. The van der Waals surface area contributed by atoms with Gasteiger partial charge in [-0.15, -0.1) is 0 Å². The maximum Gasteiger partial charge on any atom is 0.256 e. The van der Waals surface area contributed by atoms with Gasteiger partial charge >= 0.3 is 0 Å². The molecule has 0 saturated heterocycles. The van der Waals surface area contributed by atoms with Crippen molar-refractivity contribution >= 4 is 17.3 Å². The molecule has 4 nitrogen and oxygen atoms in total. The summed E-state index contributed by atoms with van der Waals surface area (Å²) in [7, 11) is 0. The maximum absolute atomic E-state index is 12.5. The van der Waals surface area contributed by atoms with Crippen LogP contribution >= 0.6 is 0 Å². The molecular formula is C15H21N3O. The molecule has 1 aromatic carbocycles. The zero-order valence-corrected chi connectivity index (χ0v) is 11.8. The van der Waals surface area contributed by atoms with Crippen LogP contribution in [0, 0.1) is 11.3 Å². The van der Waals surface area contributed by atoms with Crippen LogP contribution in [0.25, 0.3) is 0 Å². The molecule has 1 aromatic rings. The summed E-state index contributed by atoms with van der Waals surface area (Å²) in [5.74, 6) is -0.160. The lowest BCUT2D eigenvalue weighted by atomic mass is 9.81. The number of rotatable bonds is 3. The number of benzene rings is 1. The minimum Gasteiger partial charge on any atom is -0.330 e. The summed E-state index contributed by atoms with van der Waals surface area (Å²) in [6.07, 6.45) is 0.651. The highest BCUT2D eigenvalue weighted by atomic mass is 16.2. The summed E-state index contributed by atoms with van der Waals surface area (Å²) in [5, 5.41) is 6.07. The van der Waals surface area contributed by atoms with Crippen molar-refractivity contribution < 1.29 is 4.79 Å². The van der Waals surface area contributed by atoms with Crippen molar-refractivity contribution in [3.8, 4) is 0 Å². The standard InChI is InChI=1S/C15H21N3O/c1-15(2,3)13-12(9-10-16)14(19)18(17-13)11-7-5-4-6-8-11/h4-8,12H,9-10,16H2,1-3H3. The Morgan fingerprint density at radius 2 is 1.89 bits per heavy atom. The first-order valence-electron chi connectivity index (χ1n) is 6.63.